The maximum atomic E-state index is 12.2. The second kappa shape index (κ2) is 10.5. The number of halogens is 1. The lowest BCUT2D eigenvalue weighted by Gasteiger charge is -2.34. The number of benzene rings is 1. The molecule has 0 radical (unpaired) electrons. The van der Waals surface area contributed by atoms with E-state index < -0.39 is 0 Å². The van der Waals surface area contributed by atoms with E-state index in [2.05, 4.69) is 24.4 Å². The number of amides is 1. The number of hydrogen-bond acceptors (Lipinski definition) is 3. The number of rotatable bonds is 7. The molecule has 0 aromatic heterocycles. The van der Waals surface area contributed by atoms with Crippen LogP contribution in [-0.2, 0) is 11.2 Å². The fourth-order valence-electron chi connectivity index (χ4n) is 2.93. The smallest absolute Gasteiger partial charge is 0.222 e. The van der Waals surface area contributed by atoms with Gasteiger partial charge in [0.25, 0.3) is 0 Å². The monoisotopic (exact) mass is 340 g/mol. The van der Waals surface area contributed by atoms with E-state index in [1.54, 1.807) is 7.11 Å². The van der Waals surface area contributed by atoms with E-state index in [1.165, 1.54) is 5.56 Å². The summed E-state index contributed by atoms with van der Waals surface area (Å²) in [4.78, 5) is 14.2. The molecule has 0 saturated carbocycles. The zero-order valence-corrected chi connectivity index (χ0v) is 15.0. The normalized spacial score (nSPS) is 17.5. The molecule has 2 rings (SSSR count). The number of ether oxygens (including phenoxy) is 1. The van der Waals surface area contributed by atoms with Crippen molar-refractivity contribution in [2.45, 2.75) is 45.1 Å². The van der Waals surface area contributed by atoms with Crippen LogP contribution in [-0.4, -0.2) is 43.6 Å². The van der Waals surface area contributed by atoms with Crippen LogP contribution in [0.15, 0.2) is 24.3 Å². The number of nitrogens with one attached hydrogen (secondary N) is 1. The summed E-state index contributed by atoms with van der Waals surface area (Å²) in [7, 11) is 1.69. The fraction of sp³-hybridized carbons (Fsp3) is 0.611. The maximum Gasteiger partial charge on any atom is 0.222 e. The number of hydrogen-bond donors (Lipinski definition) is 1. The van der Waals surface area contributed by atoms with Gasteiger partial charge in [0.2, 0.25) is 5.91 Å². The Bertz CT molecular complexity index is 465. The molecule has 0 spiro atoms. The lowest BCUT2D eigenvalue weighted by molar-refractivity contribution is -0.134. The molecule has 1 atom stereocenters. The van der Waals surface area contributed by atoms with Crippen molar-refractivity contribution in [1.29, 1.82) is 0 Å². The number of methoxy groups -OCH3 is 1. The van der Waals surface area contributed by atoms with E-state index in [0.29, 0.717) is 18.4 Å². The van der Waals surface area contributed by atoms with E-state index in [0.717, 1.165) is 51.1 Å². The summed E-state index contributed by atoms with van der Waals surface area (Å²) in [5.41, 5.74) is 1.34. The molecule has 1 aliphatic heterocycles. The van der Waals surface area contributed by atoms with Crippen molar-refractivity contribution in [1.82, 2.24) is 10.2 Å². The van der Waals surface area contributed by atoms with Gasteiger partial charge in [0, 0.05) is 32.1 Å². The first-order valence-electron chi connectivity index (χ1n) is 8.34. The second-order valence-corrected chi connectivity index (χ2v) is 6.05. The molecule has 1 heterocycles. The largest absolute Gasteiger partial charge is 0.497 e. The number of piperazine rings is 1. The van der Waals surface area contributed by atoms with Crippen molar-refractivity contribution in [3.63, 3.8) is 0 Å². The Hall–Kier alpha value is -1.26. The van der Waals surface area contributed by atoms with Crippen molar-refractivity contribution >= 4 is 18.3 Å². The van der Waals surface area contributed by atoms with Crippen LogP contribution in [0.1, 0.15) is 38.2 Å². The molecule has 1 saturated heterocycles. The van der Waals surface area contributed by atoms with E-state index >= 15 is 0 Å². The van der Waals surface area contributed by atoms with Crippen LogP contribution in [0.5, 0.6) is 5.75 Å². The summed E-state index contributed by atoms with van der Waals surface area (Å²) in [6.07, 6.45) is 5.00. The summed E-state index contributed by atoms with van der Waals surface area (Å²) >= 11 is 0. The molecule has 130 valence electrons. The highest BCUT2D eigenvalue weighted by Gasteiger charge is 2.21. The first-order chi connectivity index (χ1) is 10.7. The van der Waals surface area contributed by atoms with Crippen LogP contribution in [0.4, 0.5) is 0 Å². The molecule has 1 fully saturated rings. The lowest BCUT2D eigenvalue weighted by Crippen LogP contribution is -2.52. The van der Waals surface area contributed by atoms with Gasteiger partial charge in [-0.1, -0.05) is 18.6 Å². The van der Waals surface area contributed by atoms with Gasteiger partial charge in [-0.25, -0.2) is 0 Å². The minimum Gasteiger partial charge on any atom is -0.497 e. The average molecular weight is 341 g/mol. The highest BCUT2D eigenvalue weighted by Crippen LogP contribution is 2.14. The van der Waals surface area contributed by atoms with Gasteiger partial charge in [-0.15, -0.1) is 12.4 Å². The summed E-state index contributed by atoms with van der Waals surface area (Å²) in [5, 5.41) is 3.32. The first kappa shape index (κ1) is 19.8. The predicted molar refractivity (Wildman–Crippen MR) is 96.5 cm³/mol. The van der Waals surface area contributed by atoms with Crippen LogP contribution in [0, 0.1) is 0 Å². The number of nitrogens with zero attached hydrogens (tertiary/aromatic N) is 1. The summed E-state index contributed by atoms with van der Waals surface area (Å²) < 4.78 is 5.16. The van der Waals surface area contributed by atoms with Crippen molar-refractivity contribution in [3.8, 4) is 5.75 Å². The topological polar surface area (TPSA) is 41.6 Å². The Labute approximate surface area is 146 Å². The molecule has 23 heavy (non-hydrogen) atoms. The minimum atomic E-state index is 0. The number of unbranched alkanes of at least 4 members (excludes halogenated alkanes) is 2. The highest BCUT2D eigenvalue weighted by atomic mass is 35.5. The van der Waals surface area contributed by atoms with Gasteiger partial charge in [-0.05, 0) is 43.9 Å². The Morgan fingerprint density at radius 1 is 1.26 bits per heavy atom. The van der Waals surface area contributed by atoms with Gasteiger partial charge >= 0.3 is 0 Å². The lowest BCUT2D eigenvalue weighted by atomic mass is 10.1. The number of aryl methyl sites for hydroxylation is 1. The maximum absolute atomic E-state index is 12.2. The van der Waals surface area contributed by atoms with Gasteiger partial charge in [0.1, 0.15) is 5.75 Å². The molecule has 0 aliphatic carbocycles. The van der Waals surface area contributed by atoms with Crippen LogP contribution >= 0.6 is 12.4 Å². The summed E-state index contributed by atoms with van der Waals surface area (Å²) in [5.74, 6) is 1.22. The molecule has 1 aliphatic rings. The van der Waals surface area contributed by atoms with Crippen LogP contribution in [0.25, 0.3) is 0 Å². The number of carbonyl (C=O) groups excluding carboxylic acids is 1. The van der Waals surface area contributed by atoms with Crippen LogP contribution in [0.2, 0.25) is 0 Å². The molecule has 5 heteroatoms. The Morgan fingerprint density at radius 3 is 2.65 bits per heavy atom. The Morgan fingerprint density at radius 2 is 2.00 bits per heavy atom. The molecule has 1 aromatic rings. The van der Waals surface area contributed by atoms with Gasteiger partial charge in [0.05, 0.1) is 7.11 Å². The molecular formula is C18H29ClN2O2. The molecule has 0 bridgehead atoms. The van der Waals surface area contributed by atoms with E-state index in [-0.39, 0.29) is 12.4 Å². The molecule has 1 N–H and O–H groups in total. The predicted octanol–water partition coefficient (Wildman–Crippen LogP) is 3.04. The summed E-state index contributed by atoms with van der Waals surface area (Å²) in [6.45, 7) is 4.82. The second-order valence-electron chi connectivity index (χ2n) is 6.05. The molecule has 1 unspecified atom stereocenters. The van der Waals surface area contributed by atoms with Gasteiger partial charge in [-0.3, -0.25) is 4.79 Å². The van der Waals surface area contributed by atoms with Crippen LogP contribution < -0.4 is 10.1 Å². The molecule has 4 nitrogen and oxygen atoms in total. The molecule has 1 amide bonds. The SMILES string of the molecule is COc1ccc(CCCCCC(=O)N2CCNCC2C)cc1.Cl. The standard InChI is InChI=1S/C18H28N2O2.ClH/c1-15-14-19-12-13-20(15)18(21)7-5-3-4-6-16-8-10-17(22-2)11-9-16;/h8-11,15,19H,3-7,12-14H2,1-2H3;1H. The molecule has 1 aromatic carbocycles. The third kappa shape index (κ3) is 6.40. The fourth-order valence-corrected chi connectivity index (χ4v) is 2.93. The van der Waals surface area contributed by atoms with Gasteiger partial charge < -0.3 is 15.0 Å². The third-order valence-corrected chi connectivity index (χ3v) is 4.34. The third-order valence-electron chi connectivity index (χ3n) is 4.34. The van der Waals surface area contributed by atoms with E-state index in [9.17, 15) is 4.79 Å². The minimum absolute atomic E-state index is 0. The van der Waals surface area contributed by atoms with E-state index in [4.69, 9.17) is 4.74 Å². The number of carbonyl (C=O) groups is 1. The van der Waals surface area contributed by atoms with Crippen molar-refractivity contribution in [2.75, 3.05) is 26.7 Å². The molecular weight excluding hydrogens is 312 g/mol. The van der Waals surface area contributed by atoms with Gasteiger partial charge in [0.15, 0.2) is 0 Å². The van der Waals surface area contributed by atoms with Gasteiger partial charge in [-0.2, -0.15) is 0 Å². The van der Waals surface area contributed by atoms with Crippen molar-refractivity contribution < 1.29 is 9.53 Å². The Kier molecular flexibility index (Phi) is 9.03. The quantitative estimate of drug-likeness (QED) is 0.776. The zero-order valence-electron chi connectivity index (χ0n) is 14.2. The van der Waals surface area contributed by atoms with Crippen molar-refractivity contribution in [3.05, 3.63) is 29.8 Å². The van der Waals surface area contributed by atoms with Crippen LogP contribution in [0.3, 0.4) is 0 Å². The van der Waals surface area contributed by atoms with Crippen molar-refractivity contribution in [2.24, 2.45) is 0 Å². The Balaban J connectivity index is 0.00000264. The highest BCUT2D eigenvalue weighted by molar-refractivity contribution is 5.85. The first-order valence-corrected chi connectivity index (χ1v) is 8.34. The van der Waals surface area contributed by atoms with E-state index in [1.807, 2.05) is 17.0 Å². The zero-order chi connectivity index (χ0) is 15.8. The average Bonchev–Trinajstić information content (AvgIpc) is 2.55. The summed E-state index contributed by atoms with van der Waals surface area (Å²) in [6, 6.07) is 8.58.